The number of azo groups is 1. The van der Waals surface area contributed by atoms with Crippen molar-refractivity contribution in [2.45, 2.75) is 27.7 Å². The number of hydrogen-bond acceptors (Lipinski definition) is 2. The predicted molar refractivity (Wildman–Crippen MR) is 44.3 cm³/mol. The highest BCUT2D eigenvalue weighted by Gasteiger charge is 1.90. The minimum absolute atomic E-state index is 0.635. The Bertz CT molecular complexity index is 83.4. The second kappa shape index (κ2) is 5.39. The van der Waals surface area contributed by atoms with Crippen molar-refractivity contribution < 1.29 is 0 Å². The highest BCUT2D eigenvalue weighted by atomic mass is 15.1. The molecule has 0 saturated heterocycles. The molecule has 0 amide bonds. The molecule has 0 aliphatic rings. The van der Waals surface area contributed by atoms with Crippen LogP contribution in [-0.2, 0) is 0 Å². The van der Waals surface area contributed by atoms with Crippen LogP contribution in [0.5, 0.6) is 0 Å². The average molecular weight is 142 g/mol. The summed E-state index contributed by atoms with van der Waals surface area (Å²) in [5, 5.41) is 8.07. The summed E-state index contributed by atoms with van der Waals surface area (Å²) in [4.78, 5) is 0. The van der Waals surface area contributed by atoms with E-state index in [0.29, 0.717) is 11.8 Å². The molecule has 0 aliphatic carbocycles. The minimum Gasteiger partial charge on any atom is -0.194 e. The van der Waals surface area contributed by atoms with Crippen LogP contribution in [0.1, 0.15) is 27.7 Å². The van der Waals surface area contributed by atoms with E-state index in [1.807, 2.05) is 0 Å². The first kappa shape index (κ1) is 9.60. The van der Waals surface area contributed by atoms with E-state index < -0.39 is 0 Å². The van der Waals surface area contributed by atoms with E-state index in [2.05, 4.69) is 37.9 Å². The molecule has 0 aliphatic heterocycles. The Hall–Kier alpha value is -0.400. The van der Waals surface area contributed by atoms with E-state index >= 15 is 0 Å². The summed E-state index contributed by atoms with van der Waals surface area (Å²) in [7, 11) is 0. The molecule has 0 unspecified atom stereocenters. The fourth-order valence-corrected chi connectivity index (χ4v) is 0.442. The Morgan fingerprint density at radius 2 is 1.10 bits per heavy atom. The average Bonchev–Trinajstić information content (AvgIpc) is 1.79. The van der Waals surface area contributed by atoms with Gasteiger partial charge in [-0.3, -0.25) is 0 Å². The lowest BCUT2D eigenvalue weighted by Gasteiger charge is -1.97. The van der Waals surface area contributed by atoms with E-state index in [1.54, 1.807) is 0 Å². The van der Waals surface area contributed by atoms with E-state index in [0.717, 1.165) is 13.1 Å². The molecule has 0 fully saturated rings. The number of nitrogens with zero attached hydrogens (tertiary/aromatic N) is 2. The molecule has 0 bridgehead atoms. The number of rotatable bonds is 4. The molecule has 0 radical (unpaired) electrons. The normalized spacial score (nSPS) is 12.2. The molecule has 0 N–H and O–H groups in total. The van der Waals surface area contributed by atoms with Gasteiger partial charge in [0.2, 0.25) is 0 Å². The van der Waals surface area contributed by atoms with Gasteiger partial charge >= 0.3 is 0 Å². The Morgan fingerprint density at radius 1 is 0.800 bits per heavy atom. The summed E-state index contributed by atoms with van der Waals surface area (Å²) in [6.45, 7) is 10.3. The zero-order chi connectivity index (χ0) is 7.98. The van der Waals surface area contributed by atoms with Gasteiger partial charge in [-0.1, -0.05) is 27.7 Å². The van der Waals surface area contributed by atoms with Crippen molar-refractivity contribution in [3.8, 4) is 0 Å². The van der Waals surface area contributed by atoms with E-state index in [1.165, 1.54) is 0 Å². The molecule has 0 aromatic carbocycles. The molecule has 60 valence electrons. The van der Waals surface area contributed by atoms with Crippen LogP contribution in [0.25, 0.3) is 0 Å². The number of hydrogen-bond donors (Lipinski definition) is 0. The molecule has 0 aromatic heterocycles. The molecular formula is C8H18N2. The first-order valence-electron chi connectivity index (χ1n) is 3.96. The third-order valence-corrected chi connectivity index (χ3v) is 0.994. The summed E-state index contributed by atoms with van der Waals surface area (Å²) < 4.78 is 0. The second-order valence-electron chi connectivity index (χ2n) is 3.44. The van der Waals surface area contributed by atoms with Crippen LogP contribution in [0, 0.1) is 11.8 Å². The third-order valence-electron chi connectivity index (χ3n) is 0.994. The predicted octanol–water partition coefficient (Wildman–Crippen LogP) is 2.75. The van der Waals surface area contributed by atoms with Gasteiger partial charge in [-0.2, -0.15) is 10.2 Å². The summed E-state index contributed by atoms with van der Waals surface area (Å²) in [5.74, 6) is 1.27. The molecule has 0 spiro atoms. The summed E-state index contributed by atoms with van der Waals surface area (Å²) in [6, 6.07) is 0. The van der Waals surface area contributed by atoms with Crippen molar-refractivity contribution in [2.24, 2.45) is 22.1 Å². The summed E-state index contributed by atoms with van der Waals surface area (Å²) in [5.41, 5.74) is 0. The highest BCUT2D eigenvalue weighted by molar-refractivity contribution is 4.48. The molecule has 0 saturated carbocycles. The van der Waals surface area contributed by atoms with Crippen LogP contribution >= 0.6 is 0 Å². The van der Waals surface area contributed by atoms with E-state index in [9.17, 15) is 0 Å². The van der Waals surface area contributed by atoms with E-state index in [4.69, 9.17) is 0 Å². The molecule has 0 rings (SSSR count). The minimum atomic E-state index is 0.635. The van der Waals surface area contributed by atoms with Crippen LogP contribution in [0.15, 0.2) is 10.2 Å². The molecule has 10 heavy (non-hydrogen) atoms. The Balaban J connectivity index is 3.20. The smallest absolute Gasteiger partial charge is 0.0621 e. The fraction of sp³-hybridized carbons (Fsp3) is 1.00. The van der Waals surface area contributed by atoms with Crippen molar-refractivity contribution in [2.75, 3.05) is 13.1 Å². The lowest BCUT2D eigenvalue weighted by Crippen LogP contribution is -1.94. The fourth-order valence-electron chi connectivity index (χ4n) is 0.442. The monoisotopic (exact) mass is 142 g/mol. The first-order valence-corrected chi connectivity index (χ1v) is 3.96. The van der Waals surface area contributed by atoms with Gasteiger partial charge in [-0.15, -0.1) is 0 Å². The van der Waals surface area contributed by atoms with Gasteiger partial charge in [-0.25, -0.2) is 0 Å². The highest BCUT2D eigenvalue weighted by Crippen LogP contribution is 1.95. The Labute approximate surface area is 63.7 Å². The molecule has 0 heterocycles. The van der Waals surface area contributed by atoms with Crippen molar-refractivity contribution in [3.05, 3.63) is 0 Å². The van der Waals surface area contributed by atoms with Gasteiger partial charge < -0.3 is 0 Å². The van der Waals surface area contributed by atoms with Gasteiger partial charge in [-0.05, 0) is 11.8 Å². The molecule has 0 atom stereocenters. The molecular weight excluding hydrogens is 124 g/mol. The van der Waals surface area contributed by atoms with Gasteiger partial charge in [0.25, 0.3) is 0 Å². The third kappa shape index (κ3) is 7.60. The summed E-state index contributed by atoms with van der Waals surface area (Å²) >= 11 is 0. The van der Waals surface area contributed by atoms with Crippen LogP contribution in [0.4, 0.5) is 0 Å². The van der Waals surface area contributed by atoms with Crippen molar-refractivity contribution >= 4 is 0 Å². The largest absolute Gasteiger partial charge is 0.194 e. The Kier molecular flexibility index (Phi) is 5.17. The molecule has 2 nitrogen and oxygen atoms in total. The standard InChI is InChI=1S/C8H18N2/c1-7(2)5-9-10-6-8(3)4/h7-8H,5-6H2,1-4H3. The van der Waals surface area contributed by atoms with Crippen LogP contribution in [0.2, 0.25) is 0 Å². The van der Waals surface area contributed by atoms with Crippen LogP contribution < -0.4 is 0 Å². The summed E-state index contributed by atoms with van der Waals surface area (Å²) in [6.07, 6.45) is 0. The maximum absolute atomic E-state index is 4.04. The SMILES string of the molecule is CC(C)CN=NCC(C)C. The van der Waals surface area contributed by atoms with Gasteiger partial charge in [0.05, 0.1) is 13.1 Å². The van der Waals surface area contributed by atoms with Gasteiger partial charge in [0.1, 0.15) is 0 Å². The van der Waals surface area contributed by atoms with Gasteiger partial charge in [0, 0.05) is 0 Å². The van der Waals surface area contributed by atoms with Crippen LogP contribution in [-0.4, -0.2) is 13.1 Å². The quantitative estimate of drug-likeness (QED) is 0.539. The molecule has 0 aromatic rings. The first-order chi connectivity index (χ1) is 4.63. The van der Waals surface area contributed by atoms with Crippen molar-refractivity contribution in [3.63, 3.8) is 0 Å². The van der Waals surface area contributed by atoms with Crippen LogP contribution in [0.3, 0.4) is 0 Å². The molecule has 2 heteroatoms. The van der Waals surface area contributed by atoms with Crippen molar-refractivity contribution in [1.82, 2.24) is 0 Å². The lowest BCUT2D eigenvalue weighted by atomic mass is 10.2. The lowest BCUT2D eigenvalue weighted by molar-refractivity contribution is 0.597. The maximum atomic E-state index is 4.04. The topological polar surface area (TPSA) is 24.7 Å². The Morgan fingerprint density at radius 3 is 1.30 bits per heavy atom. The van der Waals surface area contributed by atoms with E-state index in [-0.39, 0.29) is 0 Å². The van der Waals surface area contributed by atoms with Crippen molar-refractivity contribution in [1.29, 1.82) is 0 Å². The zero-order valence-corrected chi connectivity index (χ0v) is 7.46. The second-order valence-corrected chi connectivity index (χ2v) is 3.44. The van der Waals surface area contributed by atoms with Gasteiger partial charge in [0.15, 0.2) is 0 Å². The zero-order valence-electron chi connectivity index (χ0n) is 7.46. The maximum Gasteiger partial charge on any atom is 0.0621 e.